The van der Waals surface area contributed by atoms with E-state index in [9.17, 15) is 14.9 Å². The molecule has 0 fully saturated rings. The molecule has 0 aliphatic heterocycles. The van der Waals surface area contributed by atoms with Crippen molar-refractivity contribution < 1.29 is 19.5 Å². The molecule has 1 atom stereocenters. The standard InChI is InChI=1S/C11H13NO5/c1-16-11(13)8-7-10(17-12(14)15)9-5-3-2-4-6-9/h2-6,10H,7-8H2,1H3. The van der Waals surface area contributed by atoms with Gasteiger partial charge in [-0.05, 0) is 12.0 Å². The molecule has 0 aromatic heterocycles. The van der Waals surface area contributed by atoms with E-state index in [-0.39, 0.29) is 12.8 Å². The number of carbonyl (C=O) groups excluding carboxylic acids is 1. The summed E-state index contributed by atoms with van der Waals surface area (Å²) in [5, 5.41) is 9.51. The lowest BCUT2D eigenvalue weighted by Crippen LogP contribution is -2.12. The quantitative estimate of drug-likeness (QED) is 0.430. The number of carbonyl (C=O) groups is 1. The van der Waals surface area contributed by atoms with Gasteiger partial charge in [-0.15, -0.1) is 10.1 Å². The molecular formula is C11H13NO5. The Morgan fingerprint density at radius 2 is 2.06 bits per heavy atom. The number of benzene rings is 1. The van der Waals surface area contributed by atoms with Gasteiger partial charge in [0.25, 0.3) is 5.09 Å². The van der Waals surface area contributed by atoms with Gasteiger partial charge in [-0.1, -0.05) is 30.3 Å². The molecule has 1 rings (SSSR count). The third-order valence-electron chi connectivity index (χ3n) is 2.22. The molecule has 17 heavy (non-hydrogen) atoms. The summed E-state index contributed by atoms with van der Waals surface area (Å²) in [7, 11) is 1.27. The van der Waals surface area contributed by atoms with Crippen LogP contribution in [0.3, 0.4) is 0 Å². The molecule has 1 aromatic rings. The maximum atomic E-state index is 11.0. The van der Waals surface area contributed by atoms with Crippen molar-refractivity contribution in [2.75, 3.05) is 7.11 Å². The summed E-state index contributed by atoms with van der Waals surface area (Å²) in [5.74, 6) is -0.419. The minimum Gasteiger partial charge on any atom is -0.469 e. The number of ether oxygens (including phenoxy) is 1. The molecule has 0 heterocycles. The molecule has 1 unspecified atom stereocenters. The molecular weight excluding hydrogens is 226 g/mol. The summed E-state index contributed by atoms with van der Waals surface area (Å²) in [6.45, 7) is 0. The van der Waals surface area contributed by atoms with Crippen molar-refractivity contribution in [3.05, 3.63) is 46.0 Å². The Balaban J connectivity index is 2.67. The Bertz CT molecular complexity index is 379. The van der Waals surface area contributed by atoms with Crippen molar-refractivity contribution in [1.82, 2.24) is 0 Å². The maximum Gasteiger partial charge on any atom is 0.305 e. The van der Waals surface area contributed by atoms with Crippen LogP contribution in [0, 0.1) is 10.1 Å². The van der Waals surface area contributed by atoms with Gasteiger partial charge in [0.2, 0.25) is 0 Å². The van der Waals surface area contributed by atoms with E-state index in [4.69, 9.17) is 0 Å². The fourth-order valence-corrected chi connectivity index (χ4v) is 1.40. The van der Waals surface area contributed by atoms with Crippen LogP contribution in [0.25, 0.3) is 0 Å². The molecule has 92 valence electrons. The first-order valence-electron chi connectivity index (χ1n) is 5.06. The average molecular weight is 239 g/mol. The van der Waals surface area contributed by atoms with E-state index in [2.05, 4.69) is 9.57 Å². The topological polar surface area (TPSA) is 78.7 Å². The average Bonchev–Trinajstić information content (AvgIpc) is 2.34. The summed E-state index contributed by atoms with van der Waals surface area (Å²) in [5.41, 5.74) is 0.660. The Morgan fingerprint density at radius 1 is 1.41 bits per heavy atom. The molecule has 1 aromatic carbocycles. The van der Waals surface area contributed by atoms with Crippen LogP contribution in [-0.2, 0) is 14.4 Å². The monoisotopic (exact) mass is 239 g/mol. The highest BCUT2D eigenvalue weighted by molar-refractivity contribution is 5.69. The molecule has 0 aliphatic rings. The zero-order chi connectivity index (χ0) is 12.7. The van der Waals surface area contributed by atoms with Crippen molar-refractivity contribution in [1.29, 1.82) is 0 Å². The number of hydrogen-bond acceptors (Lipinski definition) is 5. The molecule has 0 saturated heterocycles. The van der Waals surface area contributed by atoms with Crippen molar-refractivity contribution >= 4 is 5.97 Å². The van der Waals surface area contributed by atoms with E-state index >= 15 is 0 Å². The van der Waals surface area contributed by atoms with Gasteiger partial charge in [-0.3, -0.25) is 4.79 Å². The van der Waals surface area contributed by atoms with Gasteiger partial charge in [0, 0.05) is 6.42 Å². The van der Waals surface area contributed by atoms with Crippen LogP contribution in [0.2, 0.25) is 0 Å². The van der Waals surface area contributed by atoms with Gasteiger partial charge >= 0.3 is 5.97 Å². The third-order valence-corrected chi connectivity index (χ3v) is 2.22. The Kier molecular flexibility index (Phi) is 4.93. The van der Waals surface area contributed by atoms with Crippen LogP contribution < -0.4 is 0 Å². The third kappa shape index (κ3) is 4.50. The maximum absolute atomic E-state index is 11.0. The van der Waals surface area contributed by atoms with E-state index < -0.39 is 17.2 Å². The Morgan fingerprint density at radius 3 is 2.59 bits per heavy atom. The Hall–Kier alpha value is -2.11. The second kappa shape index (κ2) is 6.47. The predicted octanol–water partition coefficient (Wildman–Crippen LogP) is 1.89. The van der Waals surface area contributed by atoms with E-state index in [0.717, 1.165) is 0 Å². The van der Waals surface area contributed by atoms with Gasteiger partial charge < -0.3 is 9.57 Å². The summed E-state index contributed by atoms with van der Waals surface area (Å²) >= 11 is 0. The number of hydrogen-bond donors (Lipinski definition) is 0. The number of methoxy groups -OCH3 is 1. The zero-order valence-corrected chi connectivity index (χ0v) is 9.37. The van der Waals surface area contributed by atoms with Crippen LogP contribution in [0.5, 0.6) is 0 Å². The Labute approximate surface area is 98.3 Å². The minimum atomic E-state index is -0.852. The SMILES string of the molecule is COC(=O)CCC(O[N+](=O)[O-])c1ccccc1. The lowest BCUT2D eigenvalue weighted by molar-refractivity contribution is -0.771. The first-order chi connectivity index (χ1) is 8.13. The van der Waals surface area contributed by atoms with Crippen LogP contribution in [-0.4, -0.2) is 18.2 Å². The number of rotatable bonds is 6. The van der Waals surface area contributed by atoms with E-state index in [1.807, 2.05) is 0 Å². The first-order valence-corrected chi connectivity index (χ1v) is 5.06. The lowest BCUT2D eigenvalue weighted by Gasteiger charge is -2.14. The van der Waals surface area contributed by atoms with Crippen LogP contribution in [0.1, 0.15) is 24.5 Å². The molecule has 0 spiro atoms. The fraction of sp³-hybridized carbons (Fsp3) is 0.364. The molecule has 0 radical (unpaired) electrons. The van der Waals surface area contributed by atoms with Gasteiger partial charge in [0.1, 0.15) is 6.10 Å². The minimum absolute atomic E-state index is 0.0733. The van der Waals surface area contributed by atoms with E-state index in [1.165, 1.54) is 7.11 Å². The van der Waals surface area contributed by atoms with Crippen molar-refractivity contribution in [2.24, 2.45) is 0 Å². The summed E-state index contributed by atoms with van der Waals surface area (Å²) < 4.78 is 4.48. The fourth-order valence-electron chi connectivity index (χ4n) is 1.40. The molecule has 0 amide bonds. The summed E-state index contributed by atoms with van der Waals surface area (Å²) in [4.78, 5) is 25.9. The van der Waals surface area contributed by atoms with Crippen molar-refractivity contribution in [2.45, 2.75) is 18.9 Å². The summed E-state index contributed by atoms with van der Waals surface area (Å²) in [6, 6.07) is 8.73. The van der Waals surface area contributed by atoms with Gasteiger partial charge in [-0.2, -0.15) is 0 Å². The first kappa shape index (κ1) is 13.0. The highest BCUT2D eigenvalue weighted by Crippen LogP contribution is 2.22. The van der Waals surface area contributed by atoms with Crippen LogP contribution >= 0.6 is 0 Å². The largest absolute Gasteiger partial charge is 0.469 e. The molecule has 6 nitrogen and oxygen atoms in total. The highest BCUT2D eigenvalue weighted by Gasteiger charge is 2.17. The number of nitrogens with zero attached hydrogens (tertiary/aromatic N) is 1. The lowest BCUT2D eigenvalue weighted by atomic mass is 10.1. The highest BCUT2D eigenvalue weighted by atomic mass is 17.0. The smallest absolute Gasteiger partial charge is 0.305 e. The second-order valence-electron chi connectivity index (χ2n) is 3.34. The van der Waals surface area contributed by atoms with Gasteiger partial charge in [-0.25, -0.2) is 0 Å². The molecule has 0 N–H and O–H groups in total. The summed E-state index contributed by atoms with van der Waals surface area (Å²) in [6.07, 6.45) is -0.466. The molecule has 0 bridgehead atoms. The molecule has 6 heteroatoms. The van der Waals surface area contributed by atoms with Crippen LogP contribution in [0.15, 0.2) is 30.3 Å². The van der Waals surface area contributed by atoms with Gasteiger partial charge in [0.05, 0.1) is 7.11 Å². The number of esters is 1. The van der Waals surface area contributed by atoms with Gasteiger partial charge in [0.15, 0.2) is 0 Å². The zero-order valence-electron chi connectivity index (χ0n) is 9.37. The van der Waals surface area contributed by atoms with Crippen LogP contribution in [0.4, 0.5) is 0 Å². The van der Waals surface area contributed by atoms with E-state index in [0.29, 0.717) is 5.56 Å². The second-order valence-corrected chi connectivity index (χ2v) is 3.34. The molecule has 0 saturated carbocycles. The van der Waals surface area contributed by atoms with Crippen molar-refractivity contribution in [3.63, 3.8) is 0 Å². The van der Waals surface area contributed by atoms with Crippen molar-refractivity contribution in [3.8, 4) is 0 Å². The normalized spacial score (nSPS) is 11.6. The van der Waals surface area contributed by atoms with E-state index in [1.54, 1.807) is 30.3 Å². The molecule has 0 aliphatic carbocycles. The predicted molar refractivity (Wildman–Crippen MR) is 58.5 cm³/mol.